The standard InChI is InChI=1S/C27H28FN3O7/c1-30(2)19-12-6-5-11(28)9-13(12)21(32)17-14(19)7-10-8-15-20(31(3)4)23(34)18(26(29)37)25(36)27(15,38)24(35)16(10)22(17)33/h5-6,9-10,15-16,18,20,32,38H,7-8H2,1-4H3,(H2,29,37)/t10-,15-,16?,18?,20-,27-/m0/s1. The van der Waals surface area contributed by atoms with Crippen molar-refractivity contribution in [1.29, 1.82) is 0 Å². The fourth-order valence-electron chi connectivity index (χ4n) is 6.93. The van der Waals surface area contributed by atoms with Crippen LogP contribution in [0.25, 0.3) is 10.8 Å². The summed E-state index contributed by atoms with van der Waals surface area (Å²) in [5, 5.41) is 23.4. The predicted octanol–water partition coefficient (Wildman–Crippen LogP) is 0.225. The molecule has 0 bridgehead atoms. The molecule has 1 amide bonds. The minimum Gasteiger partial charge on any atom is -0.507 e. The molecular weight excluding hydrogens is 497 g/mol. The third kappa shape index (κ3) is 3.21. The Bertz CT molecular complexity index is 1470. The highest BCUT2D eigenvalue weighted by atomic mass is 19.1. The molecule has 0 saturated heterocycles. The first-order valence-corrected chi connectivity index (χ1v) is 12.2. The molecule has 38 heavy (non-hydrogen) atoms. The maximum absolute atomic E-state index is 14.1. The van der Waals surface area contributed by atoms with E-state index in [1.807, 2.05) is 0 Å². The van der Waals surface area contributed by atoms with Crippen LogP contribution < -0.4 is 10.6 Å². The van der Waals surface area contributed by atoms with Crippen molar-refractivity contribution >= 4 is 45.5 Å². The number of amides is 1. The monoisotopic (exact) mass is 525 g/mol. The zero-order chi connectivity index (χ0) is 28.0. The van der Waals surface area contributed by atoms with Crippen molar-refractivity contribution in [2.24, 2.45) is 29.4 Å². The van der Waals surface area contributed by atoms with Crippen molar-refractivity contribution in [3.05, 3.63) is 35.1 Å². The number of aromatic hydroxyl groups is 1. The van der Waals surface area contributed by atoms with E-state index in [-0.39, 0.29) is 23.8 Å². The number of rotatable bonds is 3. The first-order chi connectivity index (χ1) is 17.7. The van der Waals surface area contributed by atoms with E-state index in [1.54, 1.807) is 19.0 Å². The highest BCUT2D eigenvalue weighted by Gasteiger charge is 2.69. The van der Waals surface area contributed by atoms with Crippen molar-refractivity contribution in [2.75, 3.05) is 33.1 Å². The quantitative estimate of drug-likeness (QED) is 0.477. The van der Waals surface area contributed by atoms with Gasteiger partial charge in [-0.05, 0) is 56.6 Å². The molecule has 4 N–H and O–H groups in total. The van der Waals surface area contributed by atoms with Gasteiger partial charge in [-0.25, -0.2) is 4.39 Å². The molecule has 0 aromatic heterocycles. The van der Waals surface area contributed by atoms with E-state index in [2.05, 4.69) is 0 Å². The summed E-state index contributed by atoms with van der Waals surface area (Å²) in [6, 6.07) is 2.68. The van der Waals surface area contributed by atoms with E-state index in [4.69, 9.17) is 5.73 Å². The molecule has 0 spiro atoms. The molecule has 2 saturated carbocycles. The van der Waals surface area contributed by atoms with Gasteiger partial charge >= 0.3 is 0 Å². The lowest BCUT2D eigenvalue weighted by Gasteiger charge is -2.52. The van der Waals surface area contributed by atoms with Gasteiger partial charge in [-0.1, -0.05) is 0 Å². The molecule has 0 radical (unpaired) electrons. The molecule has 2 fully saturated rings. The van der Waals surface area contributed by atoms with Crippen LogP contribution in [-0.4, -0.2) is 84.0 Å². The zero-order valence-electron chi connectivity index (χ0n) is 21.3. The number of carbonyl (C=O) groups excluding carboxylic acids is 5. The van der Waals surface area contributed by atoms with E-state index in [0.717, 1.165) is 6.07 Å². The number of phenolic OH excluding ortho intramolecular Hbond substituents is 1. The summed E-state index contributed by atoms with van der Waals surface area (Å²) >= 11 is 0. The van der Waals surface area contributed by atoms with Gasteiger partial charge in [0.15, 0.2) is 34.7 Å². The number of nitrogens with two attached hydrogens (primary N) is 1. The fraction of sp³-hybridized carbons (Fsp3) is 0.444. The minimum absolute atomic E-state index is 0.0427. The molecule has 6 atom stereocenters. The summed E-state index contributed by atoms with van der Waals surface area (Å²) < 4.78 is 14.1. The van der Waals surface area contributed by atoms with Gasteiger partial charge < -0.3 is 20.8 Å². The number of anilines is 1. The zero-order valence-corrected chi connectivity index (χ0v) is 21.3. The normalized spacial score (nSPS) is 30.8. The Morgan fingerprint density at radius 3 is 2.32 bits per heavy atom. The fourth-order valence-corrected chi connectivity index (χ4v) is 6.93. The third-order valence-corrected chi connectivity index (χ3v) is 8.42. The van der Waals surface area contributed by atoms with Crippen LogP contribution in [0.3, 0.4) is 0 Å². The Balaban J connectivity index is 1.73. The number of likely N-dealkylation sites (N-methyl/N-ethyl adjacent to an activating group) is 1. The third-order valence-electron chi connectivity index (χ3n) is 8.42. The topological polar surface area (TPSA) is 158 Å². The number of ketones is 4. The molecule has 11 heteroatoms. The first-order valence-electron chi connectivity index (χ1n) is 12.2. The van der Waals surface area contributed by atoms with Crippen molar-refractivity contribution in [3.8, 4) is 5.75 Å². The number of aliphatic hydroxyl groups is 1. The van der Waals surface area contributed by atoms with E-state index < -0.39 is 75.9 Å². The maximum Gasteiger partial charge on any atom is 0.235 e. The molecule has 5 rings (SSSR count). The smallest absolute Gasteiger partial charge is 0.235 e. The van der Waals surface area contributed by atoms with Gasteiger partial charge in [0.05, 0.1) is 17.5 Å². The second kappa shape index (κ2) is 8.40. The van der Waals surface area contributed by atoms with Crippen LogP contribution in [0.2, 0.25) is 0 Å². The molecule has 2 aromatic rings. The number of halogens is 1. The lowest BCUT2D eigenvalue weighted by atomic mass is 9.52. The van der Waals surface area contributed by atoms with Crippen LogP contribution in [0.1, 0.15) is 22.3 Å². The van der Waals surface area contributed by atoms with Gasteiger partial charge in [-0.2, -0.15) is 0 Å². The van der Waals surface area contributed by atoms with E-state index >= 15 is 0 Å². The van der Waals surface area contributed by atoms with Crippen LogP contribution in [0, 0.1) is 29.5 Å². The van der Waals surface area contributed by atoms with Crippen LogP contribution in [-0.2, 0) is 25.6 Å². The molecule has 0 aliphatic heterocycles. The Morgan fingerprint density at radius 2 is 1.74 bits per heavy atom. The molecule has 200 valence electrons. The largest absolute Gasteiger partial charge is 0.507 e. The summed E-state index contributed by atoms with van der Waals surface area (Å²) in [7, 11) is 6.53. The van der Waals surface area contributed by atoms with E-state index in [9.17, 15) is 38.6 Å². The number of primary amides is 1. The van der Waals surface area contributed by atoms with Gasteiger partial charge in [0.25, 0.3) is 0 Å². The first kappa shape index (κ1) is 25.9. The summed E-state index contributed by atoms with van der Waals surface area (Å²) in [4.78, 5) is 69.6. The number of carbonyl (C=O) groups is 5. The van der Waals surface area contributed by atoms with Crippen molar-refractivity contribution in [3.63, 3.8) is 0 Å². The van der Waals surface area contributed by atoms with Crippen LogP contribution in [0.5, 0.6) is 5.75 Å². The summed E-state index contributed by atoms with van der Waals surface area (Å²) in [6.45, 7) is 0. The molecule has 10 nitrogen and oxygen atoms in total. The molecule has 3 aliphatic rings. The molecular formula is C27H28FN3O7. The lowest BCUT2D eigenvalue weighted by Crippen LogP contribution is -2.74. The Kier molecular flexibility index (Phi) is 5.73. The minimum atomic E-state index is -2.79. The maximum atomic E-state index is 14.1. The van der Waals surface area contributed by atoms with Gasteiger partial charge in [0.2, 0.25) is 5.91 Å². The highest BCUT2D eigenvalue weighted by Crippen LogP contribution is 2.53. The highest BCUT2D eigenvalue weighted by molar-refractivity contribution is 6.32. The van der Waals surface area contributed by atoms with Gasteiger partial charge in [-0.15, -0.1) is 0 Å². The Labute approximate surface area is 217 Å². The molecule has 0 heterocycles. The predicted molar refractivity (Wildman–Crippen MR) is 133 cm³/mol. The molecule has 3 aliphatic carbocycles. The number of phenols is 1. The van der Waals surface area contributed by atoms with Crippen molar-refractivity contribution in [2.45, 2.75) is 24.5 Å². The summed E-state index contributed by atoms with van der Waals surface area (Å²) in [5.41, 5.74) is 3.40. The summed E-state index contributed by atoms with van der Waals surface area (Å²) in [5.74, 6) is -11.9. The van der Waals surface area contributed by atoms with Gasteiger partial charge in [-0.3, -0.25) is 28.9 Å². The number of hydrogen-bond donors (Lipinski definition) is 3. The number of Topliss-reactive ketones (excluding diaryl/α,β-unsaturated/α-hetero) is 4. The lowest BCUT2D eigenvalue weighted by molar-refractivity contribution is -0.181. The van der Waals surface area contributed by atoms with E-state index in [0.29, 0.717) is 16.6 Å². The van der Waals surface area contributed by atoms with Crippen LogP contribution in [0.4, 0.5) is 10.1 Å². The van der Waals surface area contributed by atoms with Gasteiger partial charge in [0.1, 0.15) is 11.6 Å². The number of nitrogens with zero attached hydrogens (tertiary/aromatic N) is 2. The second-order valence-corrected chi connectivity index (χ2v) is 10.9. The Morgan fingerprint density at radius 1 is 1.08 bits per heavy atom. The van der Waals surface area contributed by atoms with Crippen molar-refractivity contribution < 1.29 is 38.6 Å². The summed E-state index contributed by atoms with van der Waals surface area (Å²) in [6.07, 6.45) is 0.0825. The number of fused-ring (bicyclic) bond motifs is 4. The average Bonchev–Trinajstić information content (AvgIpc) is 2.81. The van der Waals surface area contributed by atoms with Crippen LogP contribution >= 0.6 is 0 Å². The Hall–Kier alpha value is -3.70. The number of benzene rings is 2. The number of hydrogen-bond acceptors (Lipinski definition) is 9. The van der Waals surface area contributed by atoms with Gasteiger partial charge in [0, 0.05) is 36.5 Å². The average molecular weight is 526 g/mol. The SMILES string of the molecule is CN(C)c1c2c(c(O)c3cc(F)ccc13)C(=O)C1C(=O)[C@]3(O)C(=O)C(C(N)=O)C(=O)[C@@H](N(C)C)[C@@H]3C[C@@H]1C2. The van der Waals surface area contributed by atoms with E-state index in [1.165, 1.54) is 31.1 Å². The van der Waals surface area contributed by atoms with Crippen LogP contribution in [0.15, 0.2) is 18.2 Å². The second-order valence-electron chi connectivity index (χ2n) is 10.9. The molecule has 2 unspecified atom stereocenters. The van der Waals surface area contributed by atoms with Crippen molar-refractivity contribution in [1.82, 2.24) is 4.90 Å². The molecule has 2 aromatic carbocycles.